The summed E-state index contributed by atoms with van der Waals surface area (Å²) in [7, 11) is 0. The zero-order chi connectivity index (χ0) is 13.0. The quantitative estimate of drug-likeness (QED) is 0.836. The van der Waals surface area contributed by atoms with Crippen molar-refractivity contribution in [3.05, 3.63) is 0 Å². The largest absolute Gasteiger partial charge is 0.381 e. The van der Waals surface area contributed by atoms with Gasteiger partial charge in [-0.3, -0.25) is 4.79 Å². The Balaban J connectivity index is 1.76. The van der Waals surface area contributed by atoms with Gasteiger partial charge in [-0.2, -0.15) is 0 Å². The van der Waals surface area contributed by atoms with Gasteiger partial charge in [0.25, 0.3) is 0 Å². The van der Waals surface area contributed by atoms with E-state index >= 15 is 0 Å². The molecular weight excluding hydrogens is 226 g/mol. The van der Waals surface area contributed by atoms with Gasteiger partial charge in [-0.1, -0.05) is 26.2 Å². The van der Waals surface area contributed by atoms with Gasteiger partial charge in [-0.05, 0) is 31.6 Å². The molecule has 0 aromatic carbocycles. The maximum absolute atomic E-state index is 12.1. The monoisotopic (exact) mass is 253 g/mol. The van der Waals surface area contributed by atoms with E-state index < -0.39 is 0 Å². The van der Waals surface area contributed by atoms with Gasteiger partial charge in [0.1, 0.15) is 0 Å². The van der Waals surface area contributed by atoms with Crippen LogP contribution in [0.15, 0.2) is 0 Å². The van der Waals surface area contributed by atoms with Gasteiger partial charge in [-0.25, -0.2) is 0 Å². The second-order valence-electron chi connectivity index (χ2n) is 6.53. The van der Waals surface area contributed by atoms with E-state index in [0.29, 0.717) is 12.3 Å². The number of rotatable bonds is 4. The Kier molecular flexibility index (Phi) is 4.66. The van der Waals surface area contributed by atoms with Crippen molar-refractivity contribution in [1.29, 1.82) is 0 Å². The highest BCUT2D eigenvalue weighted by Crippen LogP contribution is 2.38. The standard InChI is InChI=1S/C15H27NO2/c1-12(13-6-9-18-11-13)16-14(17)10-15(2)7-4-3-5-8-15/h12-13H,3-11H2,1-2H3,(H,16,17)/t12-,13+/m1/s1. The molecule has 1 heterocycles. The van der Waals surface area contributed by atoms with Gasteiger partial charge >= 0.3 is 0 Å². The maximum Gasteiger partial charge on any atom is 0.220 e. The molecule has 2 rings (SSSR count). The lowest BCUT2D eigenvalue weighted by atomic mass is 9.73. The summed E-state index contributed by atoms with van der Waals surface area (Å²) in [6.45, 7) is 6.04. The normalized spacial score (nSPS) is 28.9. The number of hydrogen-bond acceptors (Lipinski definition) is 2. The summed E-state index contributed by atoms with van der Waals surface area (Å²) in [5.74, 6) is 0.743. The lowest BCUT2D eigenvalue weighted by molar-refractivity contribution is -0.124. The third-order valence-corrected chi connectivity index (χ3v) is 4.71. The molecule has 104 valence electrons. The Hall–Kier alpha value is -0.570. The van der Waals surface area contributed by atoms with Crippen molar-refractivity contribution in [2.75, 3.05) is 13.2 Å². The first-order chi connectivity index (χ1) is 8.59. The van der Waals surface area contributed by atoms with Gasteiger partial charge in [0.05, 0.1) is 6.61 Å². The van der Waals surface area contributed by atoms with E-state index in [-0.39, 0.29) is 17.4 Å². The third kappa shape index (κ3) is 3.71. The molecule has 1 N–H and O–H groups in total. The van der Waals surface area contributed by atoms with Crippen LogP contribution in [-0.4, -0.2) is 25.2 Å². The van der Waals surface area contributed by atoms with E-state index in [9.17, 15) is 4.79 Å². The lowest BCUT2D eigenvalue weighted by Gasteiger charge is -2.33. The first-order valence-corrected chi connectivity index (χ1v) is 7.46. The maximum atomic E-state index is 12.1. The van der Waals surface area contributed by atoms with Crippen LogP contribution in [0.25, 0.3) is 0 Å². The predicted octanol–water partition coefficient (Wildman–Crippen LogP) is 2.89. The summed E-state index contributed by atoms with van der Waals surface area (Å²) >= 11 is 0. The molecule has 1 amide bonds. The SMILES string of the molecule is C[C@@H](NC(=O)CC1(C)CCCCC1)[C@H]1CCOC1. The summed E-state index contributed by atoms with van der Waals surface area (Å²) in [6, 6.07) is 0.257. The molecule has 0 radical (unpaired) electrons. The second-order valence-corrected chi connectivity index (χ2v) is 6.53. The van der Waals surface area contributed by atoms with Crippen molar-refractivity contribution < 1.29 is 9.53 Å². The van der Waals surface area contributed by atoms with Crippen LogP contribution < -0.4 is 5.32 Å². The lowest BCUT2D eigenvalue weighted by Crippen LogP contribution is -2.40. The highest BCUT2D eigenvalue weighted by Gasteiger charge is 2.31. The van der Waals surface area contributed by atoms with Gasteiger partial charge < -0.3 is 10.1 Å². The Morgan fingerprint density at radius 1 is 1.39 bits per heavy atom. The Morgan fingerprint density at radius 3 is 2.72 bits per heavy atom. The molecule has 0 spiro atoms. The third-order valence-electron chi connectivity index (χ3n) is 4.71. The molecule has 2 fully saturated rings. The summed E-state index contributed by atoms with van der Waals surface area (Å²) < 4.78 is 5.38. The molecule has 3 nitrogen and oxygen atoms in total. The summed E-state index contributed by atoms with van der Waals surface area (Å²) in [5.41, 5.74) is 0.244. The van der Waals surface area contributed by atoms with Crippen molar-refractivity contribution in [3.8, 4) is 0 Å². The molecule has 0 bridgehead atoms. The number of ether oxygens (including phenoxy) is 1. The van der Waals surface area contributed by atoms with E-state index in [1.165, 1.54) is 32.1 Å². The molecule has 18 heavy (non-hydrogen) atoms. The average Bonchev–Trinajstić information content (AvgIpc) is 2.82. The van der Waals surface area contributed by atoms with Crippen molar-refractivity contribution in [2.24, 2.45) is 11.3 Å². The molecule has 0 aromatic rings. The summed E-state index contributed by atoms with van der Waals surface area (Å²) in [4.78, 5) is 12.1. The fourth-order valence-electron chi connectivity index (χ4n) is 3.34. The average molecular weight is 253 g/mol. The predicted molar refractivity (Wildman–Crippen MR) is 72.3 cm³/mol. The minimum absolute atomic E-state index is 0.235. The molecule has 1 saturated heterocycles. The Labute approximate surface area is 111 Å². The molecule has 1 aliphatic carbocycles. The first kappa shape index (κ1) is 13.9. The van der Waals surface area contributed by atoms with Crippen LogP contribution in [0.1, 0.15) is 58.8 Å². The number of hydrogen-bond donors (Lipinski definition) is 1. The molecule has 1 aliphatic heterocycles. The van der Waals surface area contributed by atoms with Gasteiger partial charge in [0.15, 0.2) is 0 Å². The number of carbonyl (C=O) groups excluding carboxylic acids is 1. The fraction of sp³-hybridized carbons (Fsp3) is 0.933. The van der Waals surface area contributed by atoms with Gasteiger partial charge in [-0.15, -0.1) is 0 Å². The van der Waals surface area contributed by atoms with Crippen molar-refractivity contribution in [1.82, 2.24) is 5.32 Å². The highest BCUT2D eigenvalue weighted by atomic mass is 16.5. The minimum Gasteiger partial charge on any atom is -0.381 e. The zero-order valence-corrected chi connectivity index (χ0v) is 11.8. The van der Waals surface area contributed by atoms with Crippen LogP contribution >= 0.6 is 0 Å². The Morgan fingerprint density at radius 2 is 2.11 bits per heavy atom. The second kappa shape index (κ2) is 6.05. The fourth-order valence-corrected chi connectivity index (χ4v) is 3.34. The number of nitrogens with one attached hydrogen (secondary N) is 1. The number of carbonyl (C=O) groups is 1. The van der Waals surface area contributed by atoms with Crippen LogP contribution in [0.5, 0.6) is 0 Å². The minimum atomic E-state index is 0.235. The zero-order valence-electron chi connectivity index (χ0n) is 11.8. The van der Waals surface area contributed by atoms with Crippen LogP contribution in [-0.2, 0) is 9.53 Å². The molecule has 2 aliphatic rings. The van der Waals surface area contributed by atoms with Crippen molar-refractivity contribution in [2.45, 2.75) is 64.8 Å². The van der Waals surface area contributed by atoms with Crippen molar-refractivity contribution in [3.63, 3.8) is 0 Å². The summed E-state index contributed by atoms with van der Waals surface area (Å²) in [6.07, 6.45) is 8.12. The molecule has 0 aromatic heterocycles. The molecule has 3 heteroatoms. The van der Waals surface area contributed by atoms with Crippen LogP contribution in [0, 0.1) is 11.3 Å². The molecule has 2 atom stereocenters. The van der Waals surface area contributed by atoms with Gasteiger partial charge in [0, 0.05) is 25.0 Å². The molecular formula is C15H27NO2. The summed E-state index contributed by atoms with van der Waals surface area (Å²) in [5, 5.41) is 3.18. The first-order valence-electron chi connectivity index (χ1n) is 7.46. The van der Waals surface area contributed by atoms with Crippen molar-refractivity contribution >= 4 is 5.91 Å². The smallest absolute Gasteiger partial charge is 0.220 e. The molecule has 1 saturated carbocycles. The van der Waals surface area contributed by atoms with E-state index in [0.717, 1.165) is 19.6 Å². The van der Waals surface area contributed by atoms with E-state index in [1.54, 1.807) is 0 Å². The van der Waals surface area contributed by atoms with Crippen LogP contribution in [0.4, 0.5) is 0 Å². The van der Waals surface area contributed by atoms with Crippen LogP contribution in [0.2, 0.25) is 0 Å². The van der Waals surface area contributed by atoms with E-state index in [1.807, 2.05) is 0 Å². The van der Waals surface area contributed by atoms with E-state index in [2.05, 4.69) is 19.2 Å². The Bertz CT molecular complexity index is 278. The molecule has 0 unspecified atom stereocenters. The highest BCUT2D eigenvalue weighted by molar-refractivity contribution is 5.77. The number of amides is 1. The van der Waals surface area contributed by atoms with E-state index in [4.69, 9.17) is 4.74 Å². The van der Waals surface area contributed by atoms with Gasteiger partial charge in [0.2, 0.25) is 5.91 Å². The van der Waals surface area contributed by atoms with Crippen LogP contribution in [0.3, 0.4) is 0 Å². The topological polar surface area (TPSA) is 38.3 Å².